The minimum Gasteiger partial charge on any atom is -0.508 e. The molecule has 0 amide bonds. The van der Waals surface area contributed by atoms with Gasteiger partial charge in [0.05, 0.1) is 28.9 Å². The van der Waals surface area contributed by atoms with Gasteiger partial charge in [-0.05, 0) is 29.8 Å². The van der Waals surface area contributed by atoms with E-state index >= 15 is 0 Å². The van der Waals surface area contributed by atoms with Crippen LogP contribution < -0.4 is 11.5 Å². The number of ketones is 2. The predicted molar refractivity (Wildman–Crippen MR) is 105 cm³/mol. The molecule has 1 aliphatic rings. The minimum absolute atomic E-state index is 0.00523. The van der Waals surface area contributed by atoms with Crippen molar-refractivity contribution >= 4 is 22.9 Å². The number of fused-ring (bicyclic) bond motifs is 2. The van der Waals surface area contributed by atoms with Crippen LogP contribution in [-0.2, 0) is 6.61 Å². The molecule has 0 aliphatic heterocycles. The summed E-state index contributed by atoms with van der Waals surface area (Å²) >= 11 is 0. The monoisotopic (exact) mass is 392 g/mol. The summed E-state index contributed by atoms with van der Waals surface area (Å²) in [5.74, 6) is -2.55. The van der Waals surface area contributed by atoms with Gasteiger partial charge in [0, 0.05) is 22.5 Å². The Hall–Kier alpha value is -4.04. The standard InChI is InChI=1S/C21H16N2O6/c22-12-5-9(7-24)18(26)16-14(12)21(29)17-15(20(16)28)13(23)6-11(19(17)27)8-1-3-10(25)4-2-8/h1-6,24-27H,7,22-23H2. The van der Waals surface area contributed by atoms with Gasteiger partial charge in [0.1, 0.15) is 17.2 Å². The first-order chi connectivity index (χ1) is 13.8. The van der Waals surface area contributed by atoms with E-state index in [1.807, 2.05) is 0 Å². The third kappa shape index (κ3) is 2.50. The molecule has 0 saturated heterocycles. The molecule has 0 aromatic heterocycles. The van der Waals surface area contributed by atoms with E-state index in [-0.39, 0.29) is 50.5 Å². The van der Waals surface area contributed by atoms with Crippen molar-refractivity contribution in [3.63, 3.8) is 0 Å². The van der Waals surface area contributed by atoms with Gasteiger partial charge in [0.15, 0.2) is 0 Å². The number of carbonyl (C=O) groups excluding carboxylic acids is 2. The fourth-order valence-corrected chi connectivity index (χ4v) is 3.61. The smallest absolute Gasteiger partial charge is 0.200 e. The average molecular weight is 392 g/mol. The van der Waals surface area contributed by atoms with Crippen LogP contribution in [0.3, 0.4) is 0 Å². The zero-order valence-corrected chi connectivity index (χ0v) is 14.9. The first-order valence-corrected chi connectivity index (χ1v) is 8.55. The number of nitrogen functional groups attached to an aromatic ring is 2. The summed E-state index contributed by atoms with van der Waals surface area (Å²) in [5.41, 5.74) is 11.3. The molecule has 0 fully saturated rings. The zero-order valence-electron chi connectivity index (χ0n) is 14.9. The maximum absolute atomic E-state index is 13.2. The molecule has 8 heteroatoms. The number of nitrogens with two attached hydrogens (primary N) is 2. The highest BCUT2D eigenvalue weighted by atomic mass is 16.3. The highest BCUT2D eigenvalue weighted by Gasteiger charge is 2.39. The second kappa shape index (κ2) is 6.25. The van der Waals surface area contributed by atoms with E-state index in [1.54, 1.807) is 0 Å². The Balaban J connectivity index is 2.03. The number of aliphatic hydroxyl groups is 1. The molecule has 8 N–H and O–H groups in total. The van der Waals surface area contributed by atoms with Crippen LogP contribution in [0.5, 0.6) is 17.2 Å². The number of aromatic hydroxyl groups is 3. The third-order valence-electron chi connectivity index (χ3n) is 5.00. The van der Waals surface area contributed by atoms with Gasteiger partial charge in [0.25, 0.3) is 0 Å². The number of carbonyl (C=O) groups is 2. The van der Waals surface area contributed by atoms with Crippen LogP contribution in [0.15, 0.2) is 36.4 Å². The Morgan fingerprint density at radius 1 is 0.724 bits per heavy atom. The molecule has 1 aliphatic carbocycles. The molecule has 0 saturated carbocycles. The van der Waals surface area contributed by atoms with Gasteiger partial charge >= 0.3 is 0 Å². The molecule has 0 bridgehead atoms. The fraction of sp³-hybridized carbons (Fsp3) is 0.0476. The molecular weight excluding hydrogens is 376 g/mol. The lowest BCUT2D eigenvalue weighted by molar-refractivity contribution is 0.0975. The van der Waals surface area contributed by atoms with Gasteiger partial charge < -0.3 is 31.9 Å². The van der Waals surface area contributed by atoms with Crippen molar-refractivity contribution in [1.29, 1.82) is 0 Å². The van der Waals surface area contributed by atoms with Gasteiger partial charge in [-0.3, -0.25) is 9.59 Å². The number of hydrogen-bond donors (Lipinski definition) is 6. The Kier molecular flexibility index (Phi) is 3.95. The van der Waals surface area contributed by atoms with Crippen molar-refractivity contribution in [2.75, 3.05) is 11.5 Å². The lowest BCUT2D eigenvalue weighted by atomic mass is 9.79. The van der Waals surface area contributed by atoms with Gasteiger partial charge in [-0.2, -0.15) is 0 Å². The van der Waals surface area contributed by atoms with Crippen LogP contribution in [0.4, 0.5) is 11.4 Å². The molecule has 4 rings (SSSR count). The van der Waals surface area contributed by atoms with Gasteiger partial charge in [-0.25, -0.2) is 0 Å². The van der Waals surface area contributed by atoms with E-state index in [0.29, 0.717) is 5.56 Å². The first kappa shape index (κ1) is 18.3. The van der Waals surface area contributed by atoms with E-state index in [0.717, 1.165) is 0 Å². The van der Waals surface area contributed by atoms with Gasteiger partial charge in [0.2, 0.25) is 11.6 Å². The Labute approximate surface area is 164 Å². The van der Waals surface area contributed by atoms with Crippen LogP contribution in [0.2, 0.25) is 0 Å². The fourth-order valence-electron chi connectivity index (χ4n) is 3.61. The predicted octanol–water partition coefficient (Wildman–Crippen LogP) is 1.90. The molecule has 3 aromatic carbocycles. The summed E-state index contributed by atoms with van der Waals surface area (Å²) in [6.45, 7) is -0.585. The normalized spacial score (nSPS) is 12.6. The van der Waals surface area contributed by atoms with Gasteiger partial charge in [-0.1, -0.05) is 12.1 Å². The number of benzene rings is 3. The summed E-state index contributed by atoms with van der Waals surface area (Å²) in [5, 5.41) is 40.0. The number of aliphatic hydroxyl groups excluding tert-OH is 1. The third-order valence-corrected chi connectivity index (χ3v) is 5.00. The highest BCUT2D eigenvalue weighted by molar-refractivity contribution is 6.34. The van der Waals surface area contributed by atoms with E-state index < -0.39 is 29.7 Å². The van der Waals surface area contributed by atoms with Crippen LogP contribution in [-0.4, -0.2) is 32.0 Å². The SMILES string of the molecule is Nc1cc(CO)c(O)c2c1C(=O)c1c(O)c(-c3ccc(O)cc3)cc(N)c1C2=O. The van der Waals surface area contributed by atoms with Crippen molar-refractivity contribution in [1.82, 2.24) is 0 Å². The molecule has 0 heterocycles. The largest absolute Gasteiger partial charge is 0.508 e. The molecular formula is C21H16N2O6. The average Bonchev–Trinajstić information content (AvgIpc) is 2.69. The maximum Gasteiger partial charge on any atom is 0.200 e. The summed E-state index contributed by atoms with van der Waals surface area (Å²) in [6.07, 6.45) is 0. The lowest BCUT2D eigenvalue weighted by Gasteiger charge is -2.24. The Bertz CT molecular complexity index is 1220. The Morgan fingerprint density at radius 3 is 1.79 bits per heavy atom. The van der Waals surface area contributed by atoms with E-state index in [2.05, 4.69) is 0 Å². The summed E-state index contributed by atoms with van der Waals surface area (Å²) in [4.78, 5) is 26.3. The molecule has 146 valence electrons. The number of phenolic OH excluding ortho intramolecular Hbond substituents is 2. The van der Waals surface area contributed by atoms with Crippen molar-refractivity contribution < 1.29 is 30.0 Å². The summed E-state index contributed by atoms with van der Waals surface area (Å²) in [7, 11) is 0. The van der Waals surface area contributed by atoms with Crippen LogP contribution in [0, 0.1) is 0 Å². The lowest BCUT2D eigenvalue weighted by Crippen LogP contribution is -2.25. The molecule has 8 nitrogen and oxygen atoms in total. The van der Waals surface area contributed by atoms with E-state index in [9.17, 15) is 30.0 Å². The second-order valence-corrected chi connectivity index (χ2v) is 6.70. The molecule has 29 heavy (non-hydrogen) atoms. The molecule has 0 unspecified atom stereocenters. The molecule has 0 radical (unpaired) electrons. The minimum atomic E-state index is -0.779. The van der Waals surface area contributed by atoms with Crippen molar-refractivity contribution in [2.24, 2.45) is 0 Å². The van der Waals surface area contributed by atoms with E-state index in [4.69, 9.17) is 11.5 Å². The van der Waals surface area contributed by atoms with Gasteiger partial charge in [-0.15, -0.1) is 0 Å². The summed E-state index contributed by atoms with van der Waals surface area (Å²) < 4.78 is 0. The van der Waals surface area contributed by atoms with Crippen LogP contribution in [0.1, 0.15) is 37.4 Å². The molecule has 3 aromatic rings. The van der Waals surface area contributed by atoms with Crippen LogP contribution >= 0.6 is 0 Å². The van der Waals surface area contributed by atoms with Crippen LogP contribution in [0.25, 0.3) is 11.1 Å². The summed E-state index contributed by atoms with van der Waals surface area (Å²) in [6, 6.07) is 8.39. The molecule has 0 spiro atoms. The molecule has 0 atom stereocenters. The topological polar surface area (TPSA) is 167 Å². The first-order valence-electron chi connectivity index (χ1n) is 8.55. The quantitative estimate of drug-likeness (QED) is 0.222. The second-order valence-electron chi connectivity index (χ2n) is 6.70. The highest BCUT2D eigenvalue weighted by Crippen LogP contribution is 2.46. The zero-order chi connectivity index (χ0) is 21.0. The van der Waals surface area contributed by atoms with Crippen molar-refractivity contribution in [3.05, 3.63) is 64.2 Å². The van der Waals surface area contributed by atoms with Crippen molar-refractivity contribution in [3.8, 4) is 28.4 Å². The Morgan fingerprint density at radius 2 is 1.24 bits per heavy atom. The number of rotatable bonds is 2. The number of anilines is 2. The maximum atomic E-state index is 13.2. The van der Waals surface area contributed by atoms with E-state index in [1.165, 1.54) is 36.4 Å². The number of phenols is 3. The number of hydrogen-bond acceptors (Lipinski definition) is 8. The van der Waals surface area contributed by atoms with Crippen molar-refractivity contribution in [2.45, 2.75) is 6.61 Å².